The van der Waals surface area contributed by atoms with Crippen molar-refractivity contribution in [3.05, 3.63) is 64.7 Å². The van der Waals surface area contributed by atoms with E-state index in [1.807, 2.05) is 18.2 Å². The zero-order chi connectivity index (χ0) is 20.1. The fraction of sp³-hybridized carbons (Fsp3) is 0.182. The number of carbonyl (C=O) groups excluding carboxylic acids is 2. The Bertz CT molecular complexity index is 1150. The molecular weight excluding hydrogens is 390 g/mol. The summed E-state index contributed by atoms with van der Waals surface area (Å²) in [6.45, 7) is 3.51. The predicted molar refractivity (Wildman–Crippen MR) is 113 cm³/mol. The molecule has 0 aliphatic carbocycles. The van der Waals surface area contributed by atoms with E-state index < -0.39 is 11.8 Å². The van der Waals surface area contributed by atoms with Crippen LogP contribution in [0.4, 0.5) is 11.4 Å². The van der Waals surface area contributed by atoms with Gasteiger partial charge in [0.05, 0.1) is 5.69 Å². The number of anilines is 2. The van der Waals surface area contributed by atoms with E-state index in [4.69, 9.17) is 11.6 Å². The quantitative estimate of drug-likeness (QED) is 0.637. The number of hydrogen-bond acceptors (Lipinski definition) is 5. The molecule has 5 rings (SSSR count). The highest BCUT2D eigenvalue weighted by Gasteiger charge is 2.36. The molecule has 0 unspecified atom stereocenters. The molecule has 3 aromatic carbocycles. The molecule has 0 atom stereocenters. The maximum atomic E-state index is 13.3. The summed E-state index contributed by atoms with van der Waals surface area (Å²) < 4.78 is 0. The van der Waals surface area contributed by atoms with Crippen LogP contribution in [0.3, 0.4) is 0 Å². The first-order chi connectivity index (χ1) is 14.1. The maximum Gasteiger partial charge on any atom is 0.266 e. The molecule has 0 bridgehead atoms. The van der Waals surface area contributed by atoms with Crippen LogP contribution in [-0.4, -0.2) is 43.1 Å². The van der Waals surface area contributed by atoms with E-state index in [1.54, 1.807) is 12.1 Å². The Morgan fingerprint density at radius 3 is 2.38 bits per heavy atom. The molecule has 1 fully saturated rings. The van der Waals surface area contributed by atoms with Crippen molar-refractivity contribution in [2.75, 3.05) is 36.0 Å². The van der Waals surface area contributed by atoms with Gasteiger partial charge in [-0.2, -0.15) is 0 Å². The average Bonchev–Trinajstić information content (AvgIpc) is 2.74. The van der Waals surface area contributed by atoms with Gasteiger partial charge in [0.15, 0.2) is 0 Å². The molecule has 0 radical (unpaired) electrons. The Balaban J connectivity index is 1.70. The summed E-state index contributed by atoms with van der Waals surface area (Å²) in [5.74, 6) is -1.12. The maximum absolute atomic E-state index is 13.3. The number of imide groups is 1. The second-order valence-electron chi connectivity index (χ2n) is 7.18. The SMILES string of the molecule is O=C1c2cccc3c(N4CCNCC4)ccc(c23)C(=O)N1c1cc(Cl)ccc1O. The number of phenols is 1. The van der Waals surface area contributed by atoms with Crippen molar-refractivity contribution in [3.63, 3.8) is 0 Å². The first-order valence-electron chi connectivity index (χ1n) is 9.45. The third-order valence-electron chi connectivity index (χ3n) is 5.52. The van der Waals surface area contributed by atoms with E-state index in [-0.39, 0.29) is 11.4 Å². The number of benzene rings is 3. The van der Waals surface area contributed by atoms with E-state index in [2.05, 4.69) is 10.2 Å². The highest BCUT2D eigenvalue weighted by Crippen LogP contribution is 2.40. The molecule has 0 saturated carbocycles. The lowest BCUT2D eigenvalue weighted by atomic mass is 9.92. The van der Waals surface area contributed by atoms with Crippen molar-refractivity contribution in [1.82, 2.24) is 5.32 Å². The monoisotopic (exact) mass is 407 g/mol. The number of piperazine rings is 1. The number of carbonyl (C=O) groups is 2. The molecule has 6 nitrogen and oxygen atoms in total. The average molecular weight is 408 g/mol. The van der Waals surface area contributed by atoms with Crippen LogP contribution in [0, 0.1) is 0 Å². The Kier molecular flexibility index (Phi) is 4.19. The van der Waals surface area contributed by atoms with E-state index in [1.165, 1.54) is 18.2 Å². The normalized spacial score (nSPS) is 16.6. The van der Waals surface area contributed by atoms with Crippen molar-refractivity contribution >= 4 is 45.6 Å². The molecule has 29 heavy (non-hydrogen) atoms. The van der Waals surface area contributed by atoms with Gasteiger partial charge in [0, 0.05) is 58.8 Å². The molecule has 2 aliphatic heterocycles. The lowest BCUT2D eigenvalue weighted by molar-refractivity contribution is 0.0892. The largest absolute Gasteiger partial charge is 0.506 e. The van der Waals surface area contributed by atoms with Gasteiger partial charge in [0.2, 0.25) is 0 Å². The summed E-state index contributed by atoms with van der Waals surface area (Å²) in [4.78, 5) is 29.9. The standard InChI is InChI=1S/C22H18ClN3O3/c23-13-4-7-19(27)18(12-13)26-21(28)15-3-1-2-14-17(25-10-8-24-9-11-25)6-5-16(20(14)15)22(26)29/h1-7,12,24,27H,8-11H2. The Morgan fingerprint density at radius 2 is 1.62 bits per heavy atom. The molecule has 1 saturated heterocycles. The molecule has 0 aromatic heterocycles. The number of aromatic hydroxyl groups is 1. The molecule has 2 heterocycles. The zero-order valence-corrected chi connectivity index (χ0v) is 16.2. The van der Waals surface area contributed by atoms with E-state index in [0.29, 0.717) is 21.5 Å². The smallest absolute Gasteiger partial charge is 0.266 e. The highest BCUT2D eigenvalue weighted by molar-refractivity contribution is 6.37. The summed E-state index contributed by atoms with van der Waals surface area (Å²) in [5, 5.41) is 15.5. The Hall–Kier alpha value is -3.09. The summed E-state index contributed by atoms with van der Waals surface area (Å²) in [6, 6.07) is 13.5. The second kappa shape index (κ2) is 6.76. The van der Waals surface area contributed by atoms with Gasteiger partial charge in [-0.25, -0.2) is 4.90 Å². The molecule has 2 aliphatic rings. The molecule has 2 amide bonds. The second-order valence-corrected chi connectivity index (χ2v) is 7.61. The molecule has 146 valence electrons. The number of halogens is 1. The summed E-state index contributed by atoms with van der Waals surface area (Å²) in [6.07, 6.45) is 0. The number of rotatable bonds is 2. The predicted octanol–water partition coefficient (Wildman–Crippen LogP) is 3.41. The third kappa shape index (κ3) is 2.75. The molecule has 2 N–H and O–H groups in total. The van der Waals surface area contributed by atoms with Gasteiger partial charge in [-0.15, -0.1) is 0 Å². The van der Waals surface area contributed by atoms with Gasteiger partial charge in [0.25, 0.3) is 11.8 Å². The van der Waals surface area contributed by atoms with Crippen LogP contribution < -0.4 is 15.1 Å². The van der Waals surface area contributed by atoms with Crippen molar-refractivity contribution < 1.29 is 14.7 Å². The number of nitrogens with zero attached hydrogens (tertiary/aromatic N) is 2. The minimum atomic E-state index is -0.469. The van der Waals surface area contributed by atoms with E-state index in [9.17, 15) is 14.7 Å². The number of phenolic OH excluding ortho intramolecular Hbond substituents is 1. The van der Waals surface area contributed by atoms with Gasteiger partial charge < -0.3 is 15.3 Å². The van der Waals surface area contributed by atoms with E-state index in [0.717, 1.165) is 42.2 Å². The first-order valence-corrected chi connectivity index (χ1v) is 9.83. The van der Waals surface area contributed by atoms with Gasteiger partial charge in [-0.3, -0.25) is 9.59 Å². The minimum absolute atomic E-state index is 0.0846. The fourth-order valence-corrected chi connectivity index (χ4v) is 4.32. The number of hydrogen-bond donors (Lipinski definition) is 2. The van der Waals surface area contributed by atoms with Gasteiger partial charge >= 0.3 is 0 Å². The minimum Gasteiger partial charge on any atom is -0.506 e. The van der Waals surface area contributed by atoms with Crippen molar-refractivity contribution in [3.8, 4) is 5.75 Å². The third-order valence-corrected chi connectivity index (χ3v) is 5.76. The van der Waals surface area contributed by atoms with Crippen LogP contribution in [0.25, 0.3) is 10.8 Å². The van der Waals surface area contributed by atoms with Crippen LogP contribution in [-0.2, 0) is 0 Å². The van der Waals surface area contributed by atoms with Crippen LogP contribution in [0.2, 0.25) is 5.02 Å². The fourth-order valence-electron chi connectivity index (χ4n) is 4.16. The lowest BCUT2D eigenvalue weighted by Crippen LogP contribution is -2.44. The molecule has 0 spiro atoms. The molecule has 3 aromatic rings. The van der Waals surface area contributed by atoms with Crippen molar-refractivity contribution in [2.24, 2.45) is 0 Å². The topological polar surface area (TPSA) is 72.9 Å². The zero-order valence-electron chi connectivity index (χ0n) is 15.5. The molecular formula is C22H18ClN3O3. The van der Waals surface area contributed by atoms with E-state index >= 15 is 0 Å². The summed E-state index contributed by atoms with van der Waals surface area (Å²) in [5.41, 5.74) is 1.98. The molecule has 7 heteroatoms. The van der Waals surface area contributed by atoms with Crippen LogP contribution in [0.15, 0.2) is 48.5 Å². The van der Waals surface area contributed by atoms with Crippen LogP contribution in [0.1, 0.15) is 20.7 Å². The van der Waals surface area contributed by atoms with Crippen molar-refractivity contribution in [2.45, 2.75) is 0 Å². The van der Waals surface area contributed by atoms with Crippen LogP contribution in [0.5, 0.6) is 5.75 Å². The van der Waals surface area contributed by atoms with Crippen molar-refractivity contribution in [1.29, 1.82) is 0 Å². The number of nitrogens with one attached hydrogen (secondary N) is 1. The highest BCUT2D eigenvalue weighted by atomic mass is 35.5. The van der Waals surface area contributed by atoms with Gasteiger partial charge in [-0.05, 0) is 36.4 Å². The Labute approximate surface area is 172 Å². The van der Waals surface area contributed by atoms with Crippen LogP contribution >= 0.6 is 11.6 Å². The van der Waals surface area contributed by atoms with Gasteiger partial charge in [0.1, 0.15) is 5.75 Å². The number of amides is 2. The summed E-state index contributed by atoms with van der Waals surface area (Å²) in [7, 11) is 0. The summed E-state index contributed by atoms with van der Waals surface area (Å²) >= 11 is 6.05. The first kappa shape index (κ1) is 18.0. The Morgan fingerprint density at radius 1 is 0.897 bits per heavy atom. The lowest BCUT2D eigenvalue weighted by Gasteiger charge is -2.33. The van der Waals surface area contributed by atoms with Gasteiger partial charge in [-0.1, -0.05) is 23.7 Å².